The van der Waals surface area contributed by atoms with Gasteiger partial charge in [-0.3, -0.25) is 14.2 Å². The minimum atomic E-state index is -0.136. The van der Waals surface area contributed by atoms with Gasteiger partial charge >= 0.3 is 0 Å². The lowest BCUT2D eigenvalue weighted by Crippen LogP contribution is -2.25. The average Bonchev–Trinajstić information content (AvgIpc) is 2.74. The summed E-state index contributed by atoms with van der Waals surface area (Å²) in [5.74, 6) is 0.475. The zero-order valence-electron chi connectivity index (χ0n) is 17.6. The first kappa shape index (κ1) is 22.1. The standard InChI is InChI=1S/C23H27N3O3S/c1-16(2)17-9-11-18(12-10-17)24-21(27)15-30-23-25-20-8-5-4-7-19(20)22(28)26(23)13-6-14-29-3/h4-5,7-12,16H,6,13-15H2,1-3H3,(H,24,27). The van der Waals surface area contributed by atoms with Crippen molar-refractivity contribution in [2.75, 3.05) is 24.8 Å². The van der Waals surface area contributed by atoms with Crippen LogP contribution in [0, 0.1) is 0 Å². The van der Waals surface area contributed by atoms with E-state index in [-0.39, 0.29) is 17.2 Å². The Morgan fingerprint density at radius 2 is 1.90 bits per heavy atom. The predicted molar refractivity (Wildman–Crippen MR) is 122 cm³/mol. The quantitative estimate of drug-likeness (QED) is 0.315. The number of hydrogen-bond acceptors (Lipinski definition) is 5. The average molecular weight is 426 g/mol. The summed E-state index contributed by atoms with van der Waals surface area (Å²) in [6, 6.07) is 15.1. The second-order valence-electron chi connectivity index (χ2n) is 7.33. The van der Waals surface area contributed by atoms with Crippen molar-refractivity contribution >= 4 is 34.3 Å². The third-order valence-corrected chi connectivity index (χ3v) is 5.73. The second kappa shape index (κ2) is 10.4. The molecular formula is C23H27N3O3S. The summed E-state index contributed by atoms with van der Waals surface area (Å²) in [5, 5.41) is 4.03. The van der Waals surface area contributed by atoms with E-state index in [1.165, 1.54) is 17.3 Å². The molecule has 0 aliphatic heterocycles. The van der Waals surface area contributed by atoms with Crippen LogP contribution in [0.3, 0.4) is 0 Å². The molecule has 0 bridgehead atoms. The normalized spacial score (nSPS) is 11.2. The molecule has 0 radical (unpaired) electrons. The first-order chi connectivity index (χ1) is 14.5. The highest BCUT2D eigenvalue weighted by Crippen LogP contribution is 2.20. The van der Waals surface area contributed by atoms with Gasteiger partial charge in [-0.1, -0.05) is 49.9 Å². The molecule has 6 nitrogen and oxygen atoms in total. The fraction of sp³-hybridized carbons (Fsp3) is 0.348. The summed E-state index contributed by atoms with van der Waals surface area (Å²) < 4.78 is 6.75. The Balaban J connectivity index is 1.74. The van der Waals surface area contributed by atoms with Gasteiger partial charge in [0.1, 0.15) is 0 Å². The molecule has 0 aliphatic carbocycles. The zero-order chi connectivity index (χ0) is 21.5. The van der Waals surface area contributed by atoms with E-state index in [0.717, 1.165) is 5.69 Å². The second-order valence-corrected chi connectivity index (χ2v) is 8.27. The maximum atomic E-state index is 12.9. The van der Waals surface area contributed by atoms with Crippen LogP contribution in [0.4, 0.5) is 5.69 Å². The minimum absolute atomic E-state index is 0.0936. The van der Waals surface area contributed by atoms with Gasteiger partial charge in [0.15, 0.2) is 5.16 Å². The Morgan fingerprint density at radius 1 is 1.17 bits per heavy atom. The molecule has 30 heavy (non-hydrogen) atoms. The number of methoxy groups -OCH3 is 1. The van der Waals surface area contributed by atoms with Crippen molar-refractivity contribution in [2.24, 2.45) is 0 Å². The smallest absolute Gasteiger partial charge is 0.262 e. The molecule has 0 unspecified atom stereocenters. The molecule has 0 atom stereocenters. The monoisotopic (exact) mass is 425 g/mol. The van der Waals surface area contributed by atoms with Gasteiger partial charge in [0.2, 0.25) is 5.91 Å². The van der Waals surface area contributed by atoms with Crippen LogP contribution < -0.4 is 10.9 Å². The lowest BCUT2D eigenvalue weighted by molar-refractivity contribution is -0.113. The van der Waals surface area contributed by atoms with E-state index in [1.807, 2.05) is 42.5 Å². The van der Waals surface area contributed by atoms with Crippen LogP contribution in [0.15, 0.2) is 58.5 Å². The Hall–Kier alpha value is -2.64. The maximum Gasteiger partial charge on any atom is 0.262 e. The van der Waals surface area contributed by atoms with Crippen molar-refractivity contribution in [2.45, 2.75) is 37.9 Å². The van der Waals surface area contributed by atoms with E-state index < -0.39 is 0 Å². The number of ether oxygens (including phenoxy) is 1. The molecule has 0 saturated heterocycles. The van der Waals surface area contributed by atoms with E-state index in [9.17, 15) is 9.59 Å². The highest BCUT2D eigenvalue weighted by atomic mass is 32.2. The van der Waals surface area contributed by atoms with Crippen LogP contribution >= 0.6 is 11.8 Å². The molecule has 3 rings (SSSR count). The van der Waals surface area contributed by atoms with Gasteiger partial charge in [0.25, 0.3) is 5.56 Å². The number of aromatic nitrogens is 2. The molecule has 0 aliphatic rings. The number of nitrogens with zero attached hydrogens (tertiary/aromatic N) is 2. The highest BCUT2D eigenvalue weighted by molar-refractivity contribution is 7.99. The first-order valence-corrected chi connectivity index (χ1v) is 11.0. The number of carbonyl (C=O) groups is 1. The van der Waals surface area contributed by atoms with Crippen molar-refractivity contribution < 1.29 is 9.53 Å². The highest BCUT2D eigenvalue weighted by Gasteiger charge is 2.13. The van der Waals surface area contributed by atoms with Crippen molar-refractivity contribution in [3.05, 3.63) is 64.4 Å². The molecule has 158 valence electrons. The topological polar surface area (TPSA) is 73.2 Å². The number of amides is 1. The minimum Gasteiger partial charge on any atom is -0.385 e. The van der Waals surface area contributed by atoms with Crippen molar-refractivity contribution in [3.63, 3.8) is 0 Å². The summed E-state index contributed by atoms with van der Waals surface area (Å²) in [5.41, 5.74) is 2.53. The number of para-hydroxylation sites is 1. The molecule has 7 heteroatoms. The van der Waals surface area contributed by atoms with E-state index in [1.54, 1.807) is 17.7 Å². The first-order valence-electron chi connectivity index (χ1n) is 10.0. The number of hydrogen-bond donors (Lipinski definition) is 1. The Labute approximate surface area is 180 Å². The van der Waals surface area contributed by atoms with E-state index in [0.29, 0.717) is 41.5 Å². The molecule has 1 amide bonds. The number of anilines is 1. The zero-order valence-corrected chi connectivity index (χ0v) is 18.4. The third kappa shape index (κ3) is 5.49. The van der Waals surface area contributed by atoms with Crippen molar-refractivity contribution in [1.29, 1.82) is 0 Å². The fourth-order valence-electron chi connectivity index (χ4n) is 3.10. The molecule has 3 aromatic rings. The number of nitrogens with one attached hydrogen (secondary N) is 1. The van der Waals surface area contributed by atoms with Gasteiger partial charge in [-0.25, -0.2) is 4.98 Å². The summed E-state index contributed by atoms with van der Waals surface area (Å²) in [6.07, 6.45) is 0.693. The summed E-state index contributed by atoms with van der Waals surface area (Å²) >= 11 is 1.27. The number of carbonyl (C=O) groups excluding carboxylic acids is 1. The molecule has 1 N–H and O–H groups in total. The molecular weight excluding hydrogens is 398 g/mol. The Morgan fingerprint density at radius 3 is 2.60 bits per heavy atom. The molecule has 2 aromatic carbocycles. The van der Waals surface area contributed by atoms with Crippen LogP contribution in [-0.2, 0) is 16.1 Å². The van der Waals surface area contributed by atoms with E-state index in [2.05, 4.69) is 24.1 Å². The molecule has 1 heterocycles. The number of rotatable bonds is 9. The van der Waals surface area contributed by atoms with Crippen LogP contribution in [0.5, 0.6) is 0 Å². The SMILES string of the molecule is COCCCn1c(SCC(=O)Nc2ccc(C(C)C)cc2)nc2ccccc2c1=O. The Bertz CT molecular complexity index is 1060. The van der Waals surface area contributed by atoms with Crippen molar-refractivity contribution in [1.82, 2.24) is 9.55 Å². The lowest BCUT2D eigenvalue weighted by Gasteiger charge is -2.13. The molecule has 0 spiro atoms. The van der Waals surface area contributed by atoms with Crippen molar-refractivity contribution in [3.8, 4) is 0 Å². The fourth-order valence-corrected chi connectivity index (χ4v) is 3.93. The number of benzene rings is 2. The lowest BCUT2D eigenvalue weighted by atomic mass is 10.0. The third-order valence-electron chi connectivity index (χ3n) is 4.75. The van der Waals surface area contributed by atoms with Gasteiger partial charge in [-0.15, -0.1) is 0 Å². The van der Waals surface area contributed by atoms with E-state index >= 15 is 0 Å². The predicted octanol–water partition coefficient (Wildman–Crippen LogP) is 4.29. The molecule has 0 fully saturated rings. The summed E-state index contributed by atoms with van der Waals surface area (Å²) in [4.78, 5) is 30.0. The van der Waals surface area contributed by atoms with E-state index in [4.69, 9.17) is 4.74 Å². The van der Waals surface area contributed by atoms with Crippen LogP contribution in [0.25, 0.3) is 10.9 Å². The Kier molecular flexibility index (Phi) is 7.65. The number of thioether (sulfide) groups is 1. The van der Waals surface area contributed by atoms with Gasteiger partial charge in [-0.05, 0) is 42.2 Å². The van der Waals surface area contributed by atoms with Crippen LogP contribution in [0.1, 0.15) is 31.7 Å². The van der Waals surface area contributed by atoms with Gasteiger partial charge in [-0.2, -0.15) is 0 Å². The van der Waals surface area contributed by atoms with Crippen LogP contribution in [0.2, 0.25) is 0 Å². The maximum absolute atomic E-state index is 12.9. The van der Waals surface area contributed by atoms with Crippen LogP contribution in [-0.4, -0.2) is 34.9 Å². The van der Waals surface area contributed by atoms with Gasteiger partial charge in [0, 0.05) is 25.9 Å². The summed E-state index contributed by atoms with van der Waals surface area (Å²) in [7, 11) is 1.63. The molecule has 1 aromatic heterocycles. The van der Waals surface area contributed by atoms with Gasteiger partial charge < -0.3 is 10.1 Å². The number of fused-ring (bicyclic) bond motifs is 1. The molecule has 0 saturated carbocycles. The largest absolute Gasteiger partial charge is 0.385 e. The van der Waals surface area contributed by atoms with Gasteiger partial charge in [0.05, 0.1) is 16.7 Å². The summed E-state index contributed by atoms with van der Waals surface area (Å²) in [6.45, 7) is 5.31.